The molecule has 0 atom stereocenters. The summed E-state index contributed by atoms with van der Waals surface area (Å²) in [5, 5.41) is 5.67. The summed E-state index contributed by atoms with van der Waals surface area (Å²) < 4.78 is 2.15. The molecule has 0 aliphatic heterocycles. The molecule has 0 bridgehead atoms. The minimum atomic E-state index is -0.202. The zero-order valence-electron chi connectivity index (χ0n) is 14.5. The van der Waals surface area contributed by atoms with Gasteiger partial charge in [-0.15, -0.1) is 11.3 Å². The van der Waals surface area contributed by atoms with E-state index in [1.807, 2.05) is 41.8 Å². The molecule has 1 amide bonds. The number of carbonyl (C=O) groups excluding carboxylic acids is 1. The molecule has 0 saturated heterocycles. The Hall–Kier alpha value is -2.61. The van der Waals surface area contributed by atoms with E-state index in [2.05, 4.69) is 10.3 Å². The lowest BCUT2D eigenvalue weighted by molar-refractivity contribution is -0.113. The van der Waals surface area contributed by atoms with Gasteiger partial charge >= 0.3 is 0 Å². The third-order valence-electron chi connectivity index (χ3n) is 3.90. The predicted molar refractivity (Wildman–Crippen MR) is 116 cm³/mol. The van der Waals surface area contributed by atoms with Crippen LogP contribution in [0, 0.1) is 0 Å². The molecule has 28 heavy (non-hydrogen) atoms. The number of thiophene rings is 1. The van der Waals surface area contributed by atoms with Crippen LogP contribution in [0.2, 0.25) is 5.02 Å². The maximum absolute atomic E-state index is 13.0. The molecule has 0 fully saturated rings. The quantitative estimate of drug-likeness (QED) is 0.366. The first-order valence-electron chi connectivity index (χ1n) is 8.36. The number of fused-ring (bicyclic) bond motifs is 1. The zero-order valence-corrected chi connectivity index (χ0v) is 16.9. The van der Waals surface area contributed by atoms with Gasteiger partial charge in [0, 0.05) is 10.7 Å². The molecule has 5 nitrogen and oxygen atoms in total. The molecule has 0 spiro atoms. The number of rotatable bonds is 5. The molecular weight excluding hydrogens is 414 g/mol. The second-order valence-corrected chi connectivity index (χ2v) is 8.15. The largest absolute Gasteiger partial charge is 0.325 e. The normalized spacial score (nSPS) is 10.9. The number of thioether (sulfide) groups is 1. The maximum Gasteiger partial charge on any atom is 0.276 e. The van der Waals surface area contributed by atoms with E-state index in [1.54, 1.807) is 28.8 Å². The Labute approximate surface area is 174 Å². The van der Waals surface area contributed by atoms with E-state index >= 15 is 0 Å². The summed E-state index contributed by atoms with van der Waals surface area (Å²) in [5.74, 6) is -0.0897. The molecule has 140 valence electrons. The predicted octanol–water partition coefficient (Wildman–Crippen LogP) is 4.83. The summed E-state index contributed by atoms with van der Waals surface area (Å²) in [7, 11) is 0. The number of benzene rings is 2. The van der Waals surface area contributed by atoms with E-state index in [-0.39, 0.29) is 17.2 Å². The van der Waals surface area contributed by atoms with Crippen molar-refractivity contribution in [2.45, 2.75) is 5.16 Å². The van der Waals surface area contributed by atoms with E-state index in [9.17, 15) is 9.59 Å². The molecule has 2 aromatic heterocycles. The van der Waals surface area contributed by atoms with Crippen LogP contribution in [0.15, 0.2) is 76.0 Å². The van der Waals surface area contributed by atoms with Gasteiger partial charge in [-0.2, -0.15) is 0 Å². The Morgan fingerprint density at radius 1 is 1.14 bits per heavy atom. The minimum absolute atomic E-state index is 0.113. The monoisotopic (exact) mass is 427 g/mol. The average molecular weight is 428 g/mol. The Kier molecular flexibility index (Phi) is 5.47. The Balaban J connectivity index is 1.63. The lowest BCUT2D eigenvalue weighted by Crippen LogP contribution is -2.22. The summed E-state index contributed by atoms with van der Waals surface area (Å²) >= 11 is 8.53. The molecule has 2 heterocycles. The summed E-state index contributed by atoms with van der Waals surface area (Å²) in [5.41, 5.74) is 1.84. The molecular formula is C20H14ClN3O2S2. The molecule has 0 unspecified atom stereocenters. The third kappa shape index (κ3) is 3.96. The summed E-state index contributed by atoms with van der Waals surface area (Å²) in [6, 6.07) is 18.1. The van der Waals surface area contributed by atoms with Gasteiger partial charge in [0.25, 0.3) is 5.56 Å². The van der Waals surface area contributed by atoms with Crippen molar-refractivity contribution in [1.29, 1.82) is 0 Å². The maximum atomic E-state index is 13.0. The highest BCUT2D eigenvalue weighted by molar-refractivity contribution is 7.99. The number of amides is 1. The van der Waals surface area contributed by atoms with E-state index in [4.69, 9.17) is 11.6 Å². The van der Waals surface area contributed by atoms with Crippen molar-refractivity contribution in [3.8, 4) is 5.69 Å². The number of aromatic nitrogens is 2. The molecule has 4 rings (SSSR count). The molecule has 1 N–H and O–H groups in total. The Morgan fingerprint density at radius 2 is 1.96 bits per heavy atom. The van der Waals surface area contributed by atoms with Gasteiger partial charge in [0.15, 0.2) is 5.16 Å². The Bertz CT molecular complexity index is 1210. The lowest BCUT2D eigenvalue weighted by Gasteiger charge is -2.12. The number of anilines is 1. The number of nitrogens with zero attached hydrogens (tertiary/aromatic N) is 2. The van der Waals surface area contributed by atoms with E-state index in [0.717, 1.165) is 0 Å². The van der Waals surface area contributed by atoms with Crippen molar-refractivity contribution in [1.82, 2.24) is 9.55 Å². The van der Waals surface area contributed by atoms with Crippen LogP contribution in [0.25, 0.3) is 15.9 Å². The van der Waals surface area contributed by atoms with Crippen LogP contribution in [-0.4, -0.2) is 21.2 Å². The van der Waals surface area contributed by atoms with Gasteiger partial charge < -0.3 is 5.32 Å². The highest BCUT2D eigenvalue weighted by Crippen LogP contribution is 2.24. The molecule has 2 aromatic carbocycles. The van der Waals surface area contributed by atoms with Crippen molar-refractivity contribution < 1.29 is 4.79 Å². The summed E-state index contributed by atoms with van der Waals surface area (Å²) in [4.78, 5) is 29.9. The van der Waals surface area contributed by atoms with Crippen LogP contribution in [-0.2, 0) is 4.79 Å². The second-order valence-electron chi connectivity index (χ2n) is 5.85. The molecule has 0 aliphatic rings. The number of hydrogen-bond donors (Lipinski definition) is 1. The van der Waals surface area contributed by atoms with Crippen LogP contribution in [0.1, 0.15) is 0 Å². The average Bonchev–Trinajstić information content (AvgIpc) is 3.16. The van der Waals surface area contributed by atoms with Crippen LogP contribution in [0.4, 0.5) is 5.69 Å². The van der Waals surface area contributed by atoms with Gasteiger partial charge in [0.2, 0.25) is 5.91 Å². The van der Waals surface area contributed by atoms with E-state index in [1.165, 1.54) is 23.1 Å². The smallest absolute Gasteiger partial charge is 0.276 e. The van der Waals surface area contributed by atoms with Gasteiger partial charge in [0.1, 0.15) is 4.70 Å². The van der Waals surface area contributed by atoms with Crippen LogP contribution < -0.4 is 10.9 Å². The van der Waals surface area contributed by atoms with Crippen LogP contribution in [0.3, 0.4) is 0 Å². The van der Waals surface area contributed by atoms with Gasteiger partial charge in [-0.05, 0) is 41.8 Å². The number of carbonyl (C=O) groups is 1. The van der Waals surface area contributed by atoms with Gasteiger partial charge in [0.05, 0.1) is 17.0 Å². The van der Waals surface area contributed by atoms with Crippen molar-refractivity contribution in [2.24, 2.45) is 0 Å². The highest BCUT2D eigenvalue weighted by Gasteiger charge is 2.15. The molecule has 8 heteroatoms. The molecule has 0 saturated carbocycles. The zero-order chi connectivity index (χ0) is 19.5. The summed E-state index contributed by atoms with van der Waals surface area (Å²) in [6.07, 6.45) is 0. The SMILES string of the molecule is O=C(CSc1nc2ccsc2c(=O)n1-c1ccccc1)Nc1cccc(Cl)c1. The topological polar surface area (TPSA) is 64.0 Å². The Morgan fingerprint density at radius 3 is 2.75 bits per heavy atom. The fraction of sp³-hybridized carbons (Fsp3) is 0.0500. The van der Waals surface area contributed by atoms with E-state index in [0.29, 0.717) is 31.8 Å². The number of hydrogen-bond acceptors (Lipinski definition) is 5. The lowest BCUT2D eigenvalue weighted by atomic mass is 10.3. The van der Waals surface area contributed by atoms with Crippen molar-refractivity contribution in [3.05, 3.63) is 81.4 Å². The minimum Gasteiger partial charge on any atom is -0.325 e. The highest BCUT2D eigenvalue weighted by atomic mass is 35.5. The number of nitrogens with one attached hydrogen (secondary N) is 1. The van der Waals surface area contributed by atoms with Crippen LogP contribution >= 0.6 is 34.7 Å². The second kappa shape index (κ2) is 8.18. The van der Waals surface area contributed by atoms with Gasteiger partial charge in [-0.3, -0.25) is 14.2 Å². The third-order valence-corrected chi connectivity index (χ3v) is 5.97. The van der Waals surface area contributed by atoms with Gasteiger partial charge in [-0.25, -0.2) is 4.98 Å². The van der Waals surface area contributed by atoms with Crippen LogP contribution in [0.5, 0.6) is 0 Å². The number of para-hydroxylation sites is 1. The van der Waals surface area contributed by atoms with Gasteiger partial charge in [-0.1, -0.05) is 47.6 Å². The molecule has 0 radical (unpaired) electrons. The van der Waals surface area contributed by atoms with Crippen molar-refractivity contribution >= 4 is 56.5 Å². The van der Waals surface area contributed by atoms with E-state index < -0.39 is 0 Å². The number of halogens is 1. The van der Waals surface area contributed by atoms with Crippen molar-refractivity contribution in [2.75, 3.05) is 11.1 Å². The first-order valence-corrected chi connectivity index (χ1v) is 10.6. The molecule has 4 aromatic rings. The molecule has 0 aliphatic carbocycles. The first-order chi connectivity index (χ1) is 13.6. The fourth-order valence-corrected chi connectivity index (χ4v) is 4.45. The fourth-order valence-electron chi connectivity index (χ4n) is 2.69. The first kappa shape index (κ1) is 18.7. The van der Waals surface area contributed by atoms with Crippen molar-refractivity contribution in [3.63, 3.8) is 0 Å². The standard InChI is InChI=1S/C20H14ClN3O2S2/c21-13-5-4-6-14(11-13)22-17(25)12-28-20-23-16-9-10-27-18(16)19(26)24(20)15-7-2-1-3-8-15/h1-11H,12H2,(H,22,25). The summed E-state index contributed by atoms with van der Waals surface area (Å²) in [6.45, 7) is 0.